The van der Waals surface area contributed by atoms with Crippen molar-refractivity contribution in [3.8, 4) is 0 Å². The Bertz CT molecular complexity index is 538. The minimum atomic E-state index is -0.0744. The van der Waals surface area contributed by atoms with Gasteiger partial charge in [0.2, 0.25) is 0 Å². The van der Waals surface area contributed by atoms with Gasteiger partial charge in [0.05, 0.1) is 5.69 Å². The second-order valence-electron chi connectivity index (χ2n) is 3.76. The molecule has 2 aromatic heterocycles. The zero-order valence-corrected chi connectivity index (χ0v) is 8.84. The van der Waals surface area contributed by atoms with Crippen molar-refractivity contribution < 1.29 is 0 Å². The zero-order chi connectivity index (χ0) is 11.0. The largest absolute Gasteiger partial charge is 0.334 e. The molecule has 15 heavy (non-hydrogen) atoms. The van der Waals surface area contributed by atoms with Crippen molar-refractivity contribution in [3.63, 3.8) is 0 Å². The summed E-state index contributed by atoms with van der Waals surface area (Å²) in [5.74, 6) is 0. The van der Waals surface area contributed by atoms with Crippen LogP contribution in [-0.4, -0.2) is 14.0 Å². The highest BCUT2D eigenvalue weighted by atomic mass is 16.1. The molecule has 0 fully saturated rings. The number of imidazole rings is 1. The van der Waals surface area contributed by atoms with Gasteiger partial charge in [-0.2, -0.15) is 0 Å². The molecular weight excluding hydrogens is 192 g/mol. The van der Waals surface area contributed by atoms with Crippen LogP contribution in [0.2, 0.25) is 0 Å². The van der Waals surface area contributed by atoms with Gasteiger partial charge in [-0.3, -0.25) is 8.97 Å². The van der Waals surface area contributed by atoms with Crippen LogP contribution in [0.15, 0.2) is 23.3 Å². The first kappa shape index (κ1) is 9.92. The number of fused-ring (bicyclic) bond motifs is 1. The minimum Gasteiger partial charge on any atom is -0.325 e. The van der Waals surface area contributed by atoms with E-state index in [4.69, 9.17) is 5.73 Å². The molecule has 0 bridgehead atoms. The quantitative estimate of drug-likeness (QED) is 0.779. The maximum Gasteiger partial charge on any atom is 0.334 e. The molecule has 0 radical (unpaired) electrons. The molecule has 0 saturated carbocycles. The number of hydrogen-bond donors (Lipinski definition) is 1. The Morgan fingerprint density at radius 2 is 2.27 bits per heavy atom. The van der Waals surface area contributed by atoms with E-state index in [-0.39, 0.29) is 11.7 Å². The normalized spacial score (nSPS) is 11.5. The van der Waals surface area contributed by atoms with E-state index in [2.05, 4.69) is 4.98 Å². The van der Waals surface area contributed by atoms with E-state index < -0.39 is 0 Å². The summed E-state index contributed by atoms with van der Waals surface area (Å²) in [7, 11) is 0. The van der Waals surface area contributed by atoms with E-state index in [1.807, 2.05) is 19.9 Å². The lowest BCUT2D eigenvalue weighted by molar-refractivity contribution is 0.558. The Labute approximate surface area is 87.2 Å². The first-order valence-electron chi connectivity index (χ1n) is 4.92. The topological polar surface area (TPSA) is 65.3 Å². The summed E-state index contributed by atoms with van der Waals surface area (Å²) < 4.78 is 3.19. The van der Waals surface area contributed by atoms with Crippen molar-refractivity contribution in [1.82, 2.24) is 14.0 Å². The Balaban J connectivity index is 2.73. The summed E-state index contributed by atoms with van der Waals surface area (Å²) in [5.41, 5.74) is 6.78. The molecule has 0 amide bonds. The monoisotopic (exact) mass is 206 g/mol. The fourth-order valence-electron chi connectivity index (χ4n) is 1.54. The number of nitrogens with zero attached hydrogens (tertiary/aromatic N) is 3. The smallest absolute Gasteiger partial charge is 0.325 e. The first-order chi connectivity index (χ1) is 7.13. The zero-order valence-electron chi connectivity index (χ0n) is 8.84. The van der Waals surface area contributed by atoms with Crippen molar-refractivity contribution in [2.24, 2.45) is 5.73 Å². The molecule has 0 aliphatic carbocycles. The molecule has 80 valence electrons. The second-order valence-corrected chi connectivity index (χ2v) is 3.76. The summed E-state index contributed by atoms with van der Waals surface area (Å²) in [6, 6.07) is 1.96. The molecule has 0 aliphatic heterocycles. The second kappa shape index (κ2) is 3.51. The maximum absolute atomic E-state index is 11.9. The fourth-order valence-corrected chi connectivity index (χ4v) is 1.54. The molecule has 0 aliphatic rings. The van der Waals surface area contributed by atoms with Gasteiger partial charge in [-0.05, 0) is 19.9 Å². The summed E-state index contributed by atoms with van der Waals surface area (Å²) in [6.07, 6.45) is 3.45. The average Bonchev–Trinajstić information content (AvgIpc) is 2.61. The first-order valence-corrected chi connectivity index (χ1v) is 4.92. The summed E-state index contributed by atoms with van der Waals surface area (Å²) in [5, 5.41) is 0. The average molecular weight is 206 g/mol. The Hall–Kier alpha value is -1.62. The van der Waals surface area contributed by atoms with Gasteiger partial charge in [-0.1, -0.05) is 0 Å². The Morgan fingerprint density at radius 1 is 1.53 bits per heavy atom. The highest BCUT2D eigenvalue weighted by Crippen LogP contribution is 2.04. The molecule has 2 aromatic rings. The van der Waals surface area contributed by atoms with Crippen LogP contribution in [-0.2, 0) is 6.54 Å². The van der Waals surface area contributed by atoms with Crippen molar-refractivity contribution in [1.29, 1.82) is 0 Å². The van der Waals surface area contributed by atoms with Crippen molar-refractivity contribution in [2.45, 2.75) is 26.4 Å². The van der Waals surface area contributed by atoms with Gasteiger partial charge in [-0.25, -0.2) is 9.78 Å². The van der Waals surface area contributed by atoms with E-state index in [9.17, 15) is 4.79 Å². The molecule has 0 saturated heterocycles. The Morgan fingerprint density at radius 3 is 2.87 bits per heavy atom. The van der Waals surface area contributed by atoms with E-state index in [0.29, 0.717) is 12.2 Å². The van der Waals surface area contributed by atoms with Crippen LogP contribution >= 0.6 is 0 Å². The molecule has 0 spiro atoms. The van der Waals surface area contributed by atoms with E-state index in [1.165, 1.54) is 4.40 Å². The lowest BCUT2D eigenvalue weighted by Gasteiger charge is -2.08. The third-order valence-electron chi connectivity index (χ3n) is 2.36. The summed E-state index contributed by atoms with van der Waals surface area (Å²) in [4.78, 5) is 16.2. The standard InChI is InChI=1S/C10H14N4O/c1-7(2)13-4-3-9-12-8(5-11)6-14(9)10(13)15/h3-4,6-7H,5,11H2,1-2H3. The third-order valence-corrected chi connectivity index (χ3v) is 2.36. The lowest BCUT2D eigenvalue weighted by atomic mass is 10.4. The van der Waals surface area contributed by atoms with Crippen molar-refractivity contribution in [2.75, 3.05) is 0 Å². The minimum absolute atomic E-state index is 0.0744. The van der Waals surface area contributed by atoms with E-state index in [0.717, 1.165) is 5.69 Å². The van der Waals surface area contributed by atoms with E-state index >= 15 is 0 Å². The van der Waals surface area contributed by atoms with Gasteiger partial charge >= 0.3 is 5.69 Å². The molecule has 0 aromatic carbocycles. The molecule has 2 N–H and O–H groups in total. The van der Waals surface area contributed by atoms with Gasteiger partial charge in [0.15, 0.2) is 0 Å². The predicted octanol–water partition coefficient (Wildman–Crippen LogP) is 0.536. The number of hydrogen-bond acceptors (Lipinski definition) is 3. The summed E-state index contributed by atoms with van der Waals surface area (Å²) >= 11 is 0. The van der Waals surface area contributed by atoms with Gasteiger partial charge < -0.3 is 5.73 Å². The summed E-state index contributed by atoms with van der Waals surface area (Å²) in [6.45, 7) is 4.28. The maximum atomic E-state index is 11.9. The third kappa shape index (κ3) is 1.55. The molecule has 5 nitrogen and oxygen atoms in total. The van der Waals surface area contributed by atoms with Crippen LogP contribution in [0.1, 0.15) is 25.6 Å². The van der Waals surface area contributed by atoms with Crippen LogP contribution in [0.25, 0.3) is 5.65 Å². The highest BCUT2D eigenvalue weighted by Gasteiger charge is 2.06. The molecular formula is C10H14N4O. The van der Waals surface area contributed by atoms with Crippen LogP contribution in [0, 0.1) is 0 Å². The van der Waals surface area contributed by atoms with Gasteiger partial charge in [0.25, 0.3) is 0 Å². The number of rotatable bonds is 2. The predicted molar refractivity (Wildman–Crippen MR) is 57.7 cm³/mol. The van der Waals surface area contributed by atoms with E-state index in [1.54, 1.807) is 17.0 Å². The lowest BCUT2D eigenvalue weighted by Crippen LogP contribution is -2.26. The van der Waals surface area contributed by atoms with Crippen LogP contribution < -0.4 is 11.4 Å². The SMILES string of the molecule is CC(C)n1ccc2nc(CN)cn2c1=O. The molecule has 5 heteroatoms. The highest BCUT2D eigenvalue weighted by molar-refractivity contribution is 5.38. The molecule has 2 rings (SSSR count). The van der Waals surface area contributed by atoms with Crippen LogP contribution in [0.4, 0.5) is 0 Å². The van der Waals surface area contributed by atoms with Crippen LogP contribution in [0.3, 0.4) is 0 Å². The van der Waals surface area contributed by atoms with Gasteiger partial charge in [0, 0.05) is 25.0 Å². The Kier molecular flexibility index (Phi) is 2.32. The number of nitrogens with two attached hydrogens (primary N) is 1. The van der Waals surface area contributed by atoms with Crippen molar-refractivity contribution >= 4 is 5.65 Å². The van der Waals surface area contributed by atoms with Crippen molar-refractivity contribution in [3.05, 3.63) is 34.6 Å². The molecule has 2 heterocycles. The molecule has 0 unspecified atom stereocenters. The molecule has 0 atom stereocenters. The fraction of sp³-hybridized carbons (Fsp3) is 0.400. The van der Waals surface area contributed by atoms with Gasteiger partial charge in [-0.15, -0.1) is 0 Å². The number of aromatic nitrogens is 3. The van der Waals surface area contributed by atoms with Crippen LogP contribution in [0.5, 0.6) is 0 Å². The van der Waals surface area contributed by atoms with Gasteiger partial charge in [0.1, 0.15) is 5.65 Å².